The Balaban J connectivity index is 1.77. The predicted octanol–water partition coefficient (Wildman–Crippen LogP) is 0.410. The van der Waals surface area contributed by atoms with Crippen molar-refractivity contribution in [2.75, 3.05) is 31.2 Å². The second kappa shape index (κ2) is 3.18. The van der Waals surface area contributed by atoms with Crippen molar-refractivity contribution < 1.29 is 9.84 Å². The number of hydrogen-bond acceptors (Lipinski definition) is 4. The summed E-state index contributed by atoms with van der Waals surface area (Å²) in [7, 11) is 0. The first kappa shape index (κ1) is 9.12. The van der Waals surface area contributed by atoms with Crippen LogP contribution < -0.4 is 4.90 Å². The number of aliphatic hydroxyl groups is 1. The highest BCUT2D eigenvalue weighted by molar-refractivity contribution is 5.50. The van der Waals surface area contributed by atoms with Crippen molar-refractivity contribution in [2.24, 2.45) is 5.41 Å². The molecule has 2 saturated heterocycles. The predicted molar refractivity (Wildman–Crippen MR) is 55.6 cm³/mol. The zero-order chi connectivity index (χ0) is 10.3. The van der Waals surface area contributed by atoms with Gasteiger partial charge in [0.1, 0.15) is 5.82 Å². The summed E-state index contributed by atoms with van der Waals surface area (Å²) in [5.74, 6) is 0.928. The Hall–Kier alpha value is -1.13. The fourth-order valence-electron chi connectivity index (χ4n) is 2.32. The van der Waals surface area contributed by atoms with E-state index >= 15 is 0 Å². The first-order valence-electron chi connectivity index (χ1n) is 5.20. The van der Waals surface area contributed by atoms with Gasteiger partial charge < -0.3 is 14.7 Å². The van der Waals surface area contributed by atoms with E-state index in [1.165, 1.54) is 0 Å². The molecule has 0 saturated carbocycles. The van der Waals surface area contributed by atoms with E-state index in [1.54, 1.807) is 6.20 Å². The Bertz CT molecular complexity index is 369. The Labute approximate surface area is 88.5 Å². The van der Waals surface area contributed by atoms with Gasteiger partial charge in [-0.05, 0) is 6.07 Å². The van der Waals surface area contributed by atoms with E-state index in [0.717, 1.165) is 37.7 Å². The third kappa shape index (κ3) is 1.33. The van der Waals surface area contributed by atoms with Crippen LogP contribution in [0.25, 0.3) is 0 Å². The molecular weight excluding hydrogens is 192 g/mol. The van der Waals surface area contributed by atoms with Crippen molar-refractivity contribution in [3.8, 4) is 0 Å². The van der Waals surface area contributed by atoms with E-state index in [-0.39, 0.29) is 6.61 Å². The van der Waals surface area contributed by atoms with Gasteiger partial charge >= 0.3 is 0 Å². The zero-order valence-corrected chi connectivity index (χ0v) is 8.52. The molecule has 0 radical (unpaired) electrons. The SMILES string of the molecule is OCc1cccnc1N1CC2(COC2)C1. The van der Waals surface area contributed by atoms with Crippen LogP contribution in [0.3, 0.4) is 0 Å². The molecule has 0 bridgehead atoms. The zero-order valence-electron chi connectivity index (χ0n) is 8.52. The molecule has 0 amide bonds. The monoisotopic (exact) mass is 206 g/mol. The molecule has 3 heterocycles. The maximum atomic E-state index is 9.20. The number of nitrogens with zero attached hydrogens (tertiary/aromatic N) is 2. The molecule has 0 aliphatic carbocycles. The van der Waals surface area contributed by atoms with E-state index in [2.05, 4.69) is 9.88 Å². The Kier molecular flexibility index (Phi) is 1.94. The van der Waals surface area contributed by atoms with Crippen LogP contribution in [0.5, 0.6) is 0 Å². The van der Waals surface area contributed by atoms with Gasteiger partial charge in [0, 0.05) is 24.8 Å². The molecule has 0 atom stereocenters. The highest BCUT2D eigenvalue weighted by Crippen LogP contribution is 2.40. The summed E-state index contributed by atoms with van der Waals surface area (Å²) in [6, 6.07) is 3.78. The number of pyridine rings is 1. The third-order valence-electron chi connectivity index (χ3n) is 3.21. The Morgan fingerprint density at radius 1 is 1.47 bits per heavy atom. The van der Waals surface area contributed by atoms with Gasteiger partial charge in [-0.15, -0.1) is 0 Å². The molecule has 0 unspecified atom stereocenters. The first-order chi connectivity index (χ1) is 7.33. The van der Waals surface area contributed by atoms with E-state index in [0.29, 0.717) is 5.41 Å². The average Bonchev–Trinajstić information content (AvgIpc) is 2.14. The summed E-state index contributed by atoms with van der Waals surface area (Å²) in [4.78, 5) is 6.54. The van der Waals surface area contributed by atoms with Gasteiger partial charge in [-0.2, -0.15) is 0 Å². The number of ether oxygens (including phenoxy) is 1. The lowest BCUT2D eigenvalue weighted by atomic mass is 9.78. The molecule has 15 heavy (non-hydrogen) atoms. The van der Waals surface area contributed by atoms with Crippen molar-refractivity contribution in [3.63, 3.8) is 0 Å². The van der Waals surface area contributed by atoms with Crippen molar-refractivity contribution >= 4 is 5.82 Å². The molecule has 2 fully saturated rings. The summed E-state index contributed by atoms with van der Waals surface area (Å²) >= 11 is 0. The average molecular weight is 206 g/mol. The van der Waals surface area contributed by atoms with Gasteiger partial charge in [-0.3, -0.25) is 0 Å². The quantitative estimate of drug-likeness (QED) is 0.761. The van der Waals surface area contributed by atoms with Gasteiger partial charge in [-0.1, -0.05) is 6.07 Å². The molecule has 1 aromatic heterocycles. The molecule has 1 aromatic rings. The summed E-state index contributed by atoms with van der Waals surface area (Å²) in [6.07, 6.45) is 1.77. The lowest BCUT2D eigenvalue weighted by molar-refractivity contribution is -0.127. The van der Waals surface area contributed by atoms with Crippen LogP contribution in [-0.4, -0.2) is 36.4 Å². The van der Waals surface area contributed by atoms with Crippen LogP contribution in [-0.2, 0) is 11.3 Å². The van der Waals surface area contributed by atoms with Crippen molar-refractivity contribution in [1.29, 1.82) is 0 Å². The minimum absolute atomic E-state index is 0.0587. The Morgan fingerprint density at radius 2 is 2.27 bits per heavy atom. The molecule has 1 spiro atoms. The highest BCUT2D eigenvalue weighted by Gasteiger charge is 2.49. The van der Waals surface area contributed by atoms with Gasteiger partial charge in [-0.25, -0.2) is 4.98 Å². The number of aromatic nitrogens is 1. The highest BCUT2D eigenvalue weighted by atomic mass is 16.5. The molecule has 4 heteroatoms. The topological polar surface area (TPSA) is 45.6 Å². The largest absolute Gasteiger partial charge is 0.392 e. The Morgan fingerprint density at radius 3 is 2.87 bits per heavy atom. The summed E-state index contributed by atoms with van der Waals surface area (Å²) in [5, 5.41) is 9.20. The molecule has 3 rings (SSSR count). The lowest BCUT2D eigenvalue weighted by Crippen LogP contribution is -2.66. The van der Waals surface area contributed by atoms with Crippen LogP contribution >= 0.6 is 0 Å². The van der Waals surface area contributed by atoms with Crippen LogP contribution in [0.4, 0.5) is 5.82 Å². The number of rotatable bonds is 2. The summed E-state index contributed by atoms with van der Waals surface area (Å²) in [5.41, 5.74) is 1.30. The van der Waals surface area contributed by atoms with Crippen molar-refractivity contribution in [2.45, 2.75) is 6.61 Å². The van der Waals surface area contributed by atoms with E-state index in [4.69, 9.17) is 4.74 Å². The molecule has 1 N–H and O–H groups in total. The fourth-order valence-corrected chi connectivity index (χ4v) is 2.32. The maximum Gasteiger partial charge on any atom is 0.134 e. The number of aliphatic hydroxyl groups excluding tert-OH is 1. The molecule has 2 aliphatic rings. The molecule has 0 aromatic carbocycles. The second-order valence-corrected chi connectivity index (χ2v) is 4.49. The molecule has 4 nitrogen and oxygen atoms in total. The molecule has 80 valence electrons. The third-order valence-corrected chi connectivity index (χ3v) is 3.21. The smallest absolute Gasteiger partial charge is 0.134 e. The standard InChI is InChI=1S/C11H14N2O2/c14-4-9-2-1-3-12-10(9)13-5-11(6-13)7-15-8-11/h1-3,14H,4-8H2. The van der Waals surface area contributed by atoms with E-state index in [9.17, 15) is 5.11 Å². The normalized spacial score (nSPS) is 22.3. The summed E-state index contributed by atoms with van der Waals surface area (Å²) in [6.45, 7) is 3.84. The first-order valence-corrected chi connectivity index (χ1v) is 5.20. The second-order valence-electron chi connectivity index (χ2n) is 4.49. The van der Waals surface area contributed by atoms with Gasteiger partial charge in [0.25, 0.3) is 0 Å². The maximum absolute atomic E-state index is 9.20. The van der Waals surface area contributed by atoms with Gasteiger partial charge in [0.2, 0.25) is 0 Å². The number of hydrogen-bond donors (Lipinski definition) is 1. The molecular formula is C11H14N2O2. The van der Waals surface area contributed by atoms with E-state index in [1.807, 2.05) is 12.1 Å². The minimum Gasteiger partial charge on any atom is -0.392 e. The van der Waals surface area contributed by atoms with Gasteiger partial charge in [0.15, 0.2) is 0 Å². The number of anilines is 1. The summed E-state index contributed by atoms with van der Waals surface area (Å²) < 4.78 is 5.22. The van der Waals surface area contributed by atoms with Gasteiger partial charge in [0.05, 0.1) is 25.2 Å². The van der Waals surface area contributed by atoms with Crippen LogP contribution in [0.15, 0.2) is 18.3 Å². The van der Waals surface area contributed by atoms with Crippen molar-refractivity contribution in [1.82, 2.24) is 4.98 Å². The fraction of sp³-hybridized carbons (Fsp3) is 0.545. The van der Waals surface area contributed by atoms with E-state index < -0.39 is 0 Å². The lowest BCUT2D eigenvalue weighted by Gasteiger charge is -2.55. The van der Waals surface area contributed by atoms with Crippen molar-refractivity contribution in [3.05, 3.63) is 23.9 Å². The molecule has 2 aliphatic heterocycles. The minimum atomic E-state index is 0.0587. The van der Waals surface area contributed by atoms with Crippen LogP contribution in [0.2, 0.25) is 0 Å². The van der Waals surface area contributed by atoms with Crippen LogP contribution in [0, 0.1) is 5.41 Å². The van der Waals surface area contributed by atoms with Crippen LogP contribution in [0.1, 0.15) is 5.56 Å².